The van der Waals surface area contributed by atoms with Gasteiger partial charge in [0.05, 0.1) is 6.54 Å². The fourth-order valence-electron chi connectivity index (χ4n) is 2.27. The number of rotatable bonds is 6. The van der Waals surface area contributed by atoms with Gasteiger partial charge in [0.25, 0.3) is 0 Å². The summed E-state index contributed by atoms with van der Waals surface area (Å²) in [6.07, 6.45) is 3.40. The summed E-state index contributed by atoms with van der Waals surface area (Å²) < 4.78 is 0. The summed E-state index contributed by atoms with van der Waals surface area (Å²) in [5, 5.41) is 5.28. The number of nitrogens with one attached hydrogen (secondary N) is 1. The van der Waals surface area contributed by atoms with E-state index in [-0.39, 0.29) is 0 Å². The van der Waals surface area contributed by atoms with Crippen molar-refractivity contribution in [1.82, 2.24) is 9.97 Å². The zero-order valence-corrected chi connectivity index (χ0v) is 12.8. The third-order valence-electron chi connectivity index (χ3n) is 3.52. The molecule has 0 aliphatic heterocycles. The Hall–Kier alpha value is -1.62. The normalized spacial score (nSPS) is 14.3. The second-order valence-corrected chi connectivity index (χ2v) is 6.10. The number of aromatic nitrogens is 2. The first-order chi connectivity index (χ1) is 9.80. The van der Waals surface area contributed by atoms with Gasteiger partial charge in [0.15, 0.2) is 0 Å². The van der Waals surface area contributed by atoms with Crippen molar-refractivity contribution < 1.29 is 0 Å². The molecule has 20 heavy (non-hydrogen) atoms. The van der Waals surface area contributed by atoms with E-state index in [9.17, 15) is 0 Å². The molecule has 0 aromatic carbocycles. The standard InChI is InChI=1S/C15H20N4S/c1-3-13-17-14(16-2)9-15(18-13)19(11-6-7-11)10-12-5-4-8-20-12/h4-5,8-9,11H,3,6-7,10H2,1-2H3,(H,16,17,18). The van der Waals surface area contributed by atoms with Gasteiger partial charge >= 0.3 is 0 Å². The van der Waals surface area contributed by atoms with Gasteiger partial charge in [-0.05, 0) is 24.3 Å². The van der Waals surface area contributed by atoms with Crippen molar-refractivity contribution in [3.05, 3.63) is 34.3 Å². The fraction of sp³-hybridized carbons (Fsp3) is 0.467. The van der Waals surface area contributed by atoms with Crippen LogP contribution in [0.2, 0.25) is 0 Å². The van der Waals surface area contributed by atoms with E-state index >= 15 is 0 Å². The molecule has 5 heteroatoms. The minimum atomic E-state index is 0.640. The SMILES string of the molecule is CCc1nc(NC)cc(N(Cc2cccs2)C2CC2)n1. The molecule has 0 radical (unpaired) electrons. The Kier molecular flexibility index (Phi) is 3.87. The number of nitrogens with zero attached hydrogens (tertiary/aromatic N) is 3. The van der Waals surface area contributed by atoms with Crippen molar-refractivity contribution in [2.45, 2.75) is 38.8 Å². The van der Waals surface area contributed by atoms with Crippen molar-refractivity contribution in [2.75, 3.05) is 17.3 Å². The number of thiophene rings is 1. The highest BCUT2D eigenvalue weighted by Crippen LogP contribution is 2.33. The zero-order chi connectivity index (χ0) is 13.9. The molecule has 1 aliphatic carbocycles. The van der Waals surface area contributed by atoms with E-state index in [1.165, 1.54) is 17.7 Å². The van der Waals surface area contributed by atoms with Gasteiger partial charge < -0.3 is 10.2 Å². The van der Waals surface area contributed by atoms with Gasteiger partial charge in [0.2, 0.25) is 0 Å². The molecule has 1 fully saturated rings. The van der Waals surface area contributed by atoms with Crippen LogP contribution in [-0.2, 0) is 13.0 Å². The molecule has 1 N–H and O–H groups in total. The van der Waals surface area contributed by atoms with Crippen molar-refractivity contribution in [1.29, 1.82) is 0 Å². The third-order valence-corrected chi connectivity index (χ3v) is 4.38. The molecule has 0 saturated heterocycles. The van der Waals surface area contributed by atoms with Crippen molar-refractivity contribution >= 4 is 23.0 Å². The molecule has 2 heterocycles. The number of aryl methyl sites for hydroxylation is 1. The Labute approximate surface area is 123 Å². The maximum Gasteiger partial charge on any atom is 0.134 e. The van der Waals surface area contributed by atoms with Crippen LogP contribution in [0.4, 0.5) is 11.6 Å². The van der Waals surface area contributed by atoms with Gasteiger partial charge in [0, 0.05) is 30.5 Å². The molecule has 1 saturated carbocycles. The Morgan fingerprint density at radius 2 is 2.25 bits per heavy atom. The van der Waals surface area contributed by atoms with Gasteiger partial charge in [-0.2, -0.15) is 0 Å². The summed E-state index contributed by atoms with van der Waals surface area (Å²) in [4.78, 5) is 13.0. The van der Waals surface area contributed by atoms with Crippen LogP contribution in [0.5, 0.6) is 0 Å². The molecule has 0 unspecified atom stereocenters. The largest absolute Gasteiger partial charge is 0.373 e. The van der Waals surface area contributed by atoms with E-state index in [4.69, 9.17) is 4.98 Å². The van der Waals surface area contributed by atoms with E-state index in [2.05, 4.69) is 45.7 Å². The van der Waals surface area contributed by atoms with E-state index in [1.54, 1.807) is 0 Å². The third kappa shape index (κ3) is 2.93. The van der Waals surface area contributed by atoms with Gasteiger partial charge in [-0.3, -0.25) is 0 Å². The van der Waals surface area contributed by atoms with Crippen LogP contribution >= 0.6 is 11.3 Å². The lowest BCUT2D eigenvalue weighted by atomic mass is 10.3. The number of hydrogen-bond donors (Lipinski definition) is 1. The Morgan fingerprint density at radius 1 is 1.40 bits per heavy atom. The molecule has 2 aromatic heterocycles. The summed E-state index contributed by atoms with van der Waals surface area (Å²) in [5.74, 6) is 2.87. The van der Waals surface area contributed by atoms with Crippen molar-refractivity contribution in [2.24, 2.45) is 0 Å². The first kappa shape index (κ1) is 13.4. The second-order valence-electron chi connectivity index (χ2n) is 5.07. The highest BCUT2D eigenvalue weighted by Gasteiger charge is 2.30. The minimum absolute atomic E-state index is 0.640. The van der Waals surface area contributed by atoms with E-state index in [1.807, 2.05) is 18.4 Å². The summed E-state index contributed by atoms with van der Waals surface area (Å²) in [6, 6.07) is 7.01. The zero-order valence-electron chi connectivity index (χ0n) is 12.0. The summed E-state index contributed by atoms with van der Waals surface area (Å²) in [7, 11) is 1.91. The van der Waals surface area contributed by atoms with Crippen molar-refractivity contribution in [3.63, 3.8) is 0 Å². The molecular weight excluding hydrogens is 268 g/mol. The summed E-state index contributed by atoms with van der Waals surface area (Å²) in [6.45, 7) is 3.05. The fourth-order valence-corrected chi connectivity index (χ4v) is 2.97. The first-order valence-corrected chi connectivity index (χ1v) is 8.03. The summed E-state index contributed by atoms with van der Waals surface area (Å²) >= 11 is 1.81. The van der Waals surface area contributed by atoms with E-state index in [0.717, 1.165) is 30.4 Å². The van der Waals surface area contributed by atoms with Crippen molar-refractivity contribution in [3.8, 4) is 0 Å². The quantitative estimate of drug-likeness (QED) is 0.885. The van der Waals surface area contributed by atoms with Gasteiger partial charge in [-0.15, -0.1) is 11.3 Å². The minimum Gasteiger partial charge on any atom is -0.373 e. The number of anilines is 2. The highest BCUT2D eigenvalue weighted by atomic mass is 32.1. The van der Waals surface area contributed by atoms with Gasteiger partial charge in [-0.25, -0.2) is 9.97 Å². The molecular formula is C15H20N4S. The van der Waals surface area contributed by atoms with Crippen LogP contribution in [0.1, 0.15) is 30.5 Å². The van der Waals surface area contributed by atoms with Crippen LogP contribution < -0.4 is 10.2 Å². The van der Waals surface area contributed by atoms with E-state index < -0.39 is 0 Å². The monoisotopic (exact) mass is 288 g/mol. The predicted molar refractivity (Wildman–Crippen MR) is 84.5 cm³/mol. The molecule has 1 aliphatic rings. The second kappa shape index (κ2) is 5.79. The molecule has 106 valence electrons. The lowest BCUT2D eigenvalue weighted by molar-refractivity contribution is 0.773. The average Bonchev–Trinajstić information content (AvgIpc) is 3.20. The first-order valence-electron chi connectivity index (χ1n) is 7.15. The lowest BCUT2D eigenvalue weighted by Crippen LogP contribution is -2.26. The van der Waals surface area contributed by atoms with E-state index in [0.29, 0.717) is 6.04 Å². The van der Waals surface area contributed by atoms with Gasteiger partial charge in [0.1, 0.15) is 17.5 Å². The lowest BCUT2D eigenvalue weighted by Gasteiger charge is -2.23. The summed E-state index contributed by atoms with van der Waals surface area (Å²) in [5.41, 5.74) is 0. The average molecular weight is 288 g/mol. The smallest absolute Gasteiger partial charge is 0.134 e. The van der Waals surface area contributed by atoms with Crippen LogP contribution in [0.25, 0.3) is 0 Å². The molecule has 0 spiro atoms. The molecule has 0 atom stereocenters. The molecule has 4 nitrogen and oxygen atoms in total. The molecule has 0 amide bonds. The maximum atomic E-state index is 4.72. The highest BCUT2D eigenvalue weighted by molar-refractivity contribution is 7.09. The Morgan fingerprint density at radius 3 is 2.85 bits per heavy atom. The van der Waals surface area contributed by atoms with Gasteiger partial charge in [-0.1, -0.05) is 13.0 Å². The Balaban J connectivity index is 1.90. The van der Waals surface area contributed by atoms with Crippen LogP contribution in [0.3, 0.4) is 0 Å². The van der Waals surface area contributed by atoms with Crippen LogP contribution in [0.15, 0.2) is 23.6 Å². The Bertz CT molecular complexity index is 541. The van der Waals surface area contributed by atoms with Crippen LogP contribution in [-0.4, -0.2) is 23.1 Å². The maximum absolute atomic E-state index is 4.72. The number of hydrogen-bond acceptors (Lipinski definition) is 5. The van der Waals surface area contributed by atoms with Crippen LogP contribution in [0, 0.1) is 0 Å². The molecule has 0 bridgehead atoms. The molecule has 2 aromatic rings. The predicted octanol–water partition coefficient (Wildman–Crippen LogP) is 3.31. The topological polar surface area (TPSA) is 41.1 Å². The molecule has 3 rings (SSSR count).